The predicted octanol–water partition coefficient (Wildman–Crippen LogP) is 7.33. The highest BCUT2D eigenvalue weighted by Gasteiger charge is 2.25. The average molecular weight is 565 g/mol. The highest BCUT2D eigenvalue weighted by atomic mass is 32.2. The Balaban J connectivity index is 1.75. The van der Waals surface area contributed by atoms with Crippen molar-refractivity contribution in [3.05, 3.63) is 113 Å². The Morgan fingerprint density at radius 3 is 1.68 bits per heavy atom. The van der Waals surface area contributed by atoms with Crippen molar-refractivity contribution in [2.24, 2.45) is 0 Å². The molecule has 1 aliphatic rings. The van der Waals surface area contributed by atoms with E-state index in [2.05, 4.69) is 11.8 Å². The quantitative estimate of drug-likeness (QED) is 0.256. The number of halogens is 2. The van der Waals surface area contributed by atoms with E-state index < -0.39 is 10.0 Å². The maximum Gasteiger partial charge on any atom is 0.243 e. The molecule has 0 radical (unpaired) electrons. The molecule has 4 rings (SSSR count). The molecule has 212 valence electrons. The Bertz CT molecular complexity index is 1350. The van der Waals surface area contributed by atoms with Gasteiger partial charge in [-0.1, -0.05) is 80.3 Å². The monoisotopic (exact) mass is 564 g/mol. The third-order valence-corrected chi connectivity index (χ3v) is 9.13. The molecular formula is C33H38F2N2O2S. The minimum Gasteiger partial charge on any atom is -0.295 e. The van der Waals surface area contributed by atoms with Crippen molar-refractivity contribution in [2.45, 2.75) is 44.4 Å². The van der Waals surface area contributed by atoms with Gasteiger partial charge in [0.05, 0.1) is 4.90 Å². The first-order valence-electron chi connectivity index (χ1n) is 14.0. The molecule has 7 heteroatoms. The van der Waals surface area contributed by atoms with Gasteiger partial charge in [0, 0.05) is 26.2 Å². The molecule has 0 saturated heterocycles. The van der Waals surface area contributed by atoms with Crippen LogP contribution in [0.15, 0.2) is 89.8 Å². The van der Waals surface area contributed by atoms with Crippen LogP contribution in [-0.4, -0.2) is 50.3 Å². The molecule has 0 bridgehead atoms. The molecule has 0 atom stereocenters. The van der Waals surface area contributed by atoms with Crippen molar-refractivity contribution < 1.29 is 17.2 Å². The molecule has 1 aliphatic heterocycles. The average Bonchev–Trinajstić information content (AvgIpc) is 2.95. The number of hydrogen-bond acceptors (Lipinski definition) is 3. The van der Waals surface area contributed by atoms with Crippen LogP contribution < -0.4 is 0 Å². The Labute approximate surface area is 237 Å². The Hall–Kier alpha value is -3.13. The van der Waals surface area contributed by atoms with E-state index in [4.69, 9.17) is 0 Å². The summed E-state index contributed by atoms with van der Waals surface area (Å²) in [5, 5.41) is 0. The fourth-order valence-electron chi connectivity index (χ4n) is 4.89. The molecule has 3 aromatic carbocycles. The van der Waals surface area contributed by atoms with Gasteiger partial charge in [-0.3, -0.25) is 4.90 Å². The zero-order valence-corrected chi connectivity index (χ0v) is 24.1. The summed E-state index contributed by atoms with van der Waals surface area (Å²) in [4.78, 5) is 2.59. The van der Waals surface area contributed by atoms with Crippen LogP contribution >= 0.6 is 0 Å². The number of hydrogen-bond donors (Lipinski definition) is 0. The summed E-state index contributed by atoms with van der Waals surface area (Å²) in [7, 11) is -3.79. The van der Waals surface area contributed by atoms with Crippen LogP contribution in [0.3, 0.4) is 0 Å². The SMILES string of the molecule is CCCCCCN1C/C(c2ccc(F)cc2)=C\CN(S(=O)(=O)c2ccc(C)cc2)C/C=C(/c2ccc(F)cc2)C1. The van der Waals surface area contributed by atoms with Crippen LogP contribution in [-0.2, 0) is 10.0 Å². The number of benzene rings is 3. The van der Waals surface area contributed by atoms with E-state index >= 15 is 0 Å². The molecule has 0 N–H and O–H groups in total. The number of nitrogens with zero attached hydrogens (tertiary/aromatic N) is 2. The number of unbranched alkanes of at least 4 members (excludes halogenated alkanes) is 3. The Morgan fingerprint density at radius 2 is 1.20 bits per heavy atom. The van der Waals surface area contributed by atoms with E-state index in [1.54, 1.807) is 48.5 Å². The van der Waals surface area contributed by atoms with Crippen LogP contribution in [0.5, 0.6) is 0 Å². The maximum atomic E-state index is 13.8. The minimum atomic E-state index is -3.79. The van der Waals surface area contributed by atoms with Crippen molar-refractivity contribution in [3.63, 3.8) is 0 Å². The largest absolute Gasteiger partial charge is 0.295 e. The van der Waals surface area contributed by atoms with E-state index in [1.165, 1.54) is 35.0 Å². The minimum absolute atomic E-state index is 0.166. The first-order valence-corrected chi connectivity index (χ1v) is 15.4. The first kappa shape index (κ1) is 29.8. The number of aryl methyl sites for hydroxylation is 1. The summed E-state index contributed by atoms with van der Waals surface area (Å²) in [5.41, 5.74) is 4.59. The highest BCUT2D eigenvalue weighted by Crippen LogP contribution is 2.25. The third-order valence-electron chi connectivity index (χ3n) is 7.29. The van der Waals surface area contributed by atoms with E-state index in [0.717, 1.165) is 53.6 Å². The number of sulfonamides is 1. The van der Waals surface area contributed by atoms with Gasteiger partial charge in [0.1, 0.15) is 11.6 Å². The van der Waals surface area contributed by atoms with E-state index in [9.17, 15) is 17.2 Å². The van der Waals surface area contributed by atoms with Crippen LogP contribution in [0.4, 0.5) is 8.78 Å². The second-order valence-electron chi connectivity index (χ2n) is 10.4. The Morgan fingerprint density at radius 1 is 0.700 bits per heavy atom. The summed E-state index contributed by atoms with van der Waals surface area (Å²) in [6.07, 6.45) is 8.38. The predicted molar refractivity (Wildman–Crippen MR) is 159 cm³/mol. The van der Waals surface area contributed by atoms with Crippen molar-refractivity contribution in [3.8, 4) is 0 Å². The van der Waals surface area contributed by atoms with Gasteiger partial charge < -0.3 is 0 Å². The molecule has 0 amide bonds. The summed E-state index contributed by atoms with van der Waals surface area (Å²) >= 11 is 0. The standard InChI is InChI=1S/C33H38F2N2O2S/c1-3-4-5-6-21-36-24-29(27-9-13-31(34)14-10-27)19-22-37(40(38,39)33-17-7-26(2)8-18-33)23-20-30(25-36)28-11-15-32(35)16-12-28/h7-20H,3-6,21-25H2,1-2H3/b29-19+,30-20+. The van der Waals surface area contributed by atoms with Gasteiger partial charge >= 0.3 is 0 Å². The van der Waals surface area contributed by atoms with Crippen molar-refractivity contribution in [1.82, 2.24) is 9.21 Å². The van der Waals surface area contributed by atoms with Crippen LogP contribution in [0.1, 0.15) is 49.3 Å². The van der Waals surface area contributed by atoms with Crippen LogP contribution in [0.25, 0.3) is 11.1 Å². The lowest BCUT2D eigenvalue weighted by molar-refractivity contribution is 0.332. The van der Waals surface area contributed by atoms with Gasteiger partial charge in [0.15, 0.2) is 0 Å². The van der Waals surface area contributed by atoms with Gasteiger partial charge in [0.2, 0.25) is 10.0 Å². The van der Waals surface area contributed by atoms with Crippen LogP contribution in [0.2, 0.25) is 0 Å². The molecule has 1 heterocycles. The van der Waals surface area contributed by atoms with Gasteiger partial charge in [-0.15, -0.1) is 0 Å². The summed E-state index contributed by atoms with van der Waals surface area (Å²) in [6.45, 7) is 6.46. The molecule has 0 unspecified atom stereocenters. The fourth-order valence-corrected chi connectivity index (χ4v) is 6.21. The zero-order chi connectivity index (χ0) is 28.5. The molecule has 4 nitrogen and oxygen atoms in total. The van der Waals surface area contributed by atoms with E-state index in [1.807, 2.05) is 19.1 Å². The fraction of sp³-hybridized carbons (Fsp3) is 0.333. The first-order chi connectivity index (χ1) is 19.3. The second-order valence-corrected chi connectivity index (χ2v) is 12.3. The number of rotatable bonds is 9. The van der Waals surface area contributed by atoms with E-state index in [-0.39, 0.29) is 29.6 Å². The molecule has 0 fully saturated rings. The lowest BCUT2D eigenvalue weighted by Gasteiger charge is -2.28. The normalized spacial score (nSPS) is 18.5. The topological polar surface area (TPSA) is 40.6 Å². The molecule has 0 aromatic heterocycles. The molecule has 40 heavy (non-hydrogen) atoms. The summed E-state index contributed by atoms with van der Waals surface area (Å²) in [6, 6.07) is 19.6. The van der Waals surface area contributed by atoms with Gasteiger partial charge in [-0.05, 0) is 78.6 Å². The van der Waals surface area contributed by atoms with Gasteiger partial charge in [-0.2, -0.15) is 4.31 Å². The van der Waals surface area contributed by atoms with Crippen LogP contribution in [0, 0.1) is 18.6 Å². The van der Waals surface area contributed by atoms with E-state index in [0.29, 0.717) is 13.1 Å². The molecule has 0 saturated carbocycles. The van der Waals surface area contributed by atoms with Crippen molar-refractivity contribution in [2.75, 3.05) is 32.7 Å². The molecule has 3 aromatic rings. The lowest BCUT2D eigenvalue weighted by atomic mass is 10.0. The van der Waals surface area contributed by atoms with Gasteiger partial charge in [-0.25, -0.2) is 17.2 Å². The third kappa shape index (κ3) is 7.96. The lowest BCUT2D eigenvalue weighted by Crippen LogP contribution is -2.34. The van der Waals surface area contributed by atoms with Crippen molar-refractivity contribution >= 4 is 21.2 Å². The summed E-state index contributed by atoms with van der Waals surface area (Å²) < 4.78 is 56.6. The maximum absolute atomic E-state index is 13.8. The molecule has 0 aliphatic carbocycles. The zero-order valence-electron chi connectivity index (χ0n) is 23.3. The Kier molecular flexibility index (Phi) is 10.4. The highest BCUT2D eigenvalue weighted by molar-refractivity contribution is 7.89. The summed E-state index contributed by atoms with van der Waals surface area (Å²) in [5.74, 6) is -0.628. The molecule has 0 spiro atoms. The smallest absolute Gasteiger partial charge is 0.243 e. The van der Waals surface area contributed by atoms with Gasteiger partial charge in [0.25, 0.3) is 0 Å². The molecular weight excluding hydrogens is 526 g/mol. The van der Waals surface area contributed by atoms with Crippen molar-refractivity contribution in [1.29, 1.82) is 0 Å². The second kappa shape index (κ2) is 14.0.